The number of fused-ring (bicyclic) bond motifs is 5. The van der Waals surface area contributed by atoms with Gasteiger partial charge in [-0.3, -0.25) is 4.98 Å². The molecule has 5 aromatic carbocycles. The zero-order chi connectivity index (χ0) is 34.1. The fourth-order valence-electron chi connectivity index (χ4n) is 7.69. The first-order valence-corrected chi connectivity index (χ1v) is 17.2. The summed E-state index contributed by atoms with van der Waals surface area (Å²) in [5, 5.41) is 2.04. The Hall–Kier alpha value is -5.88. The van der Waals surface area contributed by atoms with Crippen LogP contribution in [0.15, 0.2) is 116 Å². The minimum absolute atomic E-state index is 0.130. The van der Waals surface area contributed by atoms with Crippen LogP contribution in [-0.4, -0.2) is 16.7 Å². The summed E-state index contributed by atoms with van der Waals surface area (Å²) < 4.78 is 19.8. The second kappa shape index (κ2) is 11.6. The number of ether oxygens (including phenoxy) is 3. The minimum atomic E-state index is -0.130. The first-order chi connectivity index (χ1) is 24.3. The molecule has 0 N–H and O–H groups in total. The number of rotatable bonds is 5. The van der Waals surface area contributed by atoms with E-state index in [0.717, 1.165) is 67.0 Å². The molecule has 50 heavy (non-hydrogen) atoms. The second-order valence-electron chi connectivity index (χ2n) is 13.8. The maximum Gasteiger partial charge on any atom is 0.260 e. The lowest BCUT2D eigenvalue weighted by molar-refractivity contribution is 0.456. The highest BCUT2D eigenvalue weighted by Crippen LogP contribution is 2.39. The molecule has 9 rings (SSSR count). The molecule has 0 bridgehead atoms. The molecular weight excluding hydrogens is 615 g/mol. The van der Waals surface area contributed by atoms with Crippen molar-refractivity contribution in [1.29, 1.82) is 0 Å². The van der Waals surface area contributed by atoms with Crippen LogP contribution in [0.5, 0.6) is 34.6 Å². The quantitative estimate of drug-likeness (QED) is 0.174. The third kappa shape index (κ3) is 5.02. The van der Waals surface area contributed by atoms with Gasteiger partial charge < -0.3 is 14.2 Å². The number of hydrogen-bond donors (Lipinski definition) is 0. The lowest BCUT2D eigenvalue weighted by Gasteiger charge is -2.34. The van der Waals surface area contributed by atoms with Crippen molar-refractivity contribution >= 4 is 33.9 Å². The smallest absolute Gasteiger partial charge is 0.260 e. The molecular formula is C44H35BN2O3. The van der Waals surface area contributed by atoms with Crippen LogP contribution in [0, 0.1) is 20.8 Å². The molecule has 0 amide bonds. The highest BCUT2D eigenvalue weighted by atomic mass is 16.5. The number of benzene rings is 5. The summed E-state index contributed by atoms with van der Waals surface area (Å²) in [6, 6.07) is 35.7. The van der Waals surface area contributed by atoms with Gasteiger partial charge in [-0.15, -0.1) is 0 Å². The largest absolute Gasteiger partial charge is 0.458 e. The molecule has 0 radical (unpaired) electrons. The Bertz CT molecular complexity index is 2440. The van der Waals surface area contributed by atoms with Crippen molar-refractivity contribution in [3.8, 4) is 57.0 Å². The molecule has 0 spiro atoms. The molecule has 2 aromatic heterocycles. The summed E-state index contributed by atoms with van der Waals surface area (Å²) in [6.07, 6.45) is 3.78. The predicted octanol–water partition coefficient (Wildman–Crippen LogP) is 9.53. The number of hydrogen-bond acceptors (Lipinski definition) is 5. The summed E-state index contributed by atoms with van der Waals surface area (Å²) in [4.78, 5) is 9.55. The second-order valence-corrected chi connectivity index (χ2v) is 13.8. The van der Waals surface area contributed by atoms with Crippen LogP contribution in [0.3, 0.4) is 0 Å². The maximum atomic E-state index is 6.67. The highest BCUT2D eigenvalue weighted by Gasteiger charge is 2.41. The molecule has 7 aromatic rings. The van der Waals surface area contributed by atoms with E-state index in [1.165, 1.54) is 27.8 Å². The van der Waals surface area contributed by atoms with Crippen LogP contribution in [0.2, 0.25) is 0 Å². The molecule has 242 valence electrons. The number of aryl methyl sites for hydroxylation is 3. The van der Waals surface area contributed by atoms with Gasteiger partial charge in [0.1, 0.15) is 28.7 Å². The zero-order valence-electron chi connectivity index (χ0n) is 28.7. The van der Waals surface area contributed by atoms with Crippen LogP contribution in [0.1, 0.15) is 42.0 Å². The van der Waals surface area contributed by atoms with Crippen molar-refractivity contribution in [2.24, 2.45) is 0 Å². The summed E-state index contributed by atoms with van der Waals surface area (Å²) in [5.74, 6) is 4.88. The van der Waals surface area contributed by atoms with Crippen LogP contribution >= 0.6 is 0 Å². The van der Waals surface area contributed by atoms with E-state index in [2.05, 4.69) is 106 Å². The maximum absolute atomic E-state index is 6.67. The topological polar surface area (TPSA) is 53.5 Å². The normalized spacial score (nSPS) is 12.6. The van der Waals surface area contributed by atoms with E-state index in [4.69, 9.17) is 19.2 Å². The number of aromatic nitrogens is 2. The molecule has 4 heterocycles. The van der Waals surface area contributed by atoms with Gasteiger partial charge in [0, 0.05) is 28.8 Å². The molecule has 2 aliphatic rings. The van der Waals surface area contributed by atoms with Gasteiger partial charge in [0.2, 0.25) is 5.88 Å². The first-order valence-electron chi connectivity index (χ1n) is 17.2. The lowest BCUT2D eigenvalue weighted by Crippen LogP contribution is -2.57. The van der Waals surface area contributed by atoms with Gasteiger partial charge >= 0.3 is 0 Å². The van der Waals surface area contributed by atoms with Gasteiger partial charge in [0.05, 0.1) is 5.69 Å². The van der Waals surface area contributed by atoms with Crippen LogP contribution < -0.4 is 30.6 Å². The molecule has 6 heteroatoms. The highest BCUT2D eigenvalue weighted by molar-refractivity contribution is 6.98. The fraction of sp³-hybridized carbons (Fsp3) is 0.136. The molecule has 5 nitrogen and oxygen atoms in total. The lowest BCUT2D eigenvalue weighted by atomic mass is 9.34. The summed E-state index contributed by atoms with van der Waals surface area (Å²) in [6.45, 7) is 10.7. The van der Waals surface area contributed by atoms with Gasteiger partial charge in [-0.2, -0.15) is 0 Å². The standard InChI is InChI=1S/C44H35BN2O3/c1-25(2)32-21-40-43-41(22-32)50-39-15-12-33(48-44-34-9-7-6-8-29(34)16-17-46-44)23-36(39)45(43)35-20-30(11-14-38(35)49-40)37-13-10-31(24-47-37)42-27(4)18-26(3)19-28(42)5/h6-25H,1-5H3. The fourth-order valence-corrected chi connectivity index (χ4v) is 7.69. The molecule has 2 aliphatic heterocycles. The van der Waals surface area contributed by atoms with E-state index >= 15 is 0 Å². The van der Waals surface area contributed by atoms with Gasteiger partial charge in [0.25, 0.3) is 6.71 Å². The Morgan fingerprint density at radius 2 is 1.36 bits per heavy atom. The molecule has 0 saturated heterocycles. The summed E-state index contributed by atoms with van der Waals surface area (Å²) in [7, 11) is 0. The Balaban J connectivity index is 1.15. The average molecular weight is 651 g/mol. The van der Waals surface area contributed by atoms with E-state index in [0.29, 0.717) is 17.5 Å². The molecule has 0 atom stereocenters. The zero-order valence-corrected chi connectivity index (χ0v) is 28.7. The van der Waals surface area contributed by atoms with E-state index in [-0.39, 0.29) is 6.71 Å². The third-order valence-corrected chi connectivity index (χ3v) is 10.0. The van der Waals surface area contributed by atoms with Gasteiger partial charge in [-0.1, -0.05) is 61.9 Å². The van der Waals surface area contributed by atoms with E-state index in [9.17, 15) is 0 Å². The van der Waals surface area contributed by atoms with Crippen LogP contribution in [0.4, 0.5) is 0 Å². The minimum Gasteiger partial charge on any atom is -0.458 e. The number of nitrogens with zero attached hydrogens (tertiary/aromatic N) is 2. The van der Waals surface area contributed by atoms with Crippen molar-refractivity contribution in [3.05, 3.63) is 138 Å². The van der Waals surface area contributed by atoms with Crippen molar-refractivity contribution in [2.45, 2.75) is 40.5 Å². The average Bonchev–Trinajstić information content (AvgIpc) is 3.11. The van der Waals surface area contributed by atoms with Crippen molar-refractivity contribution in [1.82, 2.24) is 9.97 Å². The predicted molar refractivity (Wildman–Crippen MR) is 203 cm³/mol. The Morgan fingerprint density at radius 3 is 2.08 bits per heavy atom. The van der Waals surface area contributed by atoms with E-state index < -0.39 is 0 Å². The third-order valence-electron chi connectivity index (χ3n) is 10.0. The molecule has 0 unspecified atom stereocenters. The summed E-state index contributed by atoms with van der Waals surface area (Å²) in [5.41, 5.74) is 12.4. The summed E-state index contributed by atoms with van der Waals surface area (Å²) >= 11 is 0. The first kappa shape index (κ1) is 30.2. The Labute approximate surface area is 292 Å². The van der Waals surface area contributed by atoms with Gasteiger partial charge in [-0.25, -0.2) is 4.98 Å². The van der Waals surface area contributed by atoms with Crippen molar-refractivity contribution in [2.75, 3.05) is 0 Å². The van der Waals surface area contributed by atoms with Gasteiger partial charge in [-0.05, 0) is 131 Å². The Kier molecular flexibility index (Phi) is 7.02. The van der Waals surface area contributed by atoms with Gasteiger partial charge in [0.15, 0.2) is 0 Å². The van der Waals surface area contributed by atoms with Crippen molar-refractivity contribution < 1.29 is 14.2 Å². The molecule has 0 fully saturated rings. The SMILES string of the molecule is Cc1cc(C)c(-c2ccc(-c3ccc4c(c3)B3c5cc(Oc6nccc7ccccc67)ccc5Oc5cc(C(C)C)cc(c53)O4)nc2)c(C)c1. The van der Waals surface area contributed by atoms with E-state index in [1.54, 1.807) is 6.20 Å². The Morgan fingerprint density at radius 1 is 0.660 bits per heavy atom. The molecule has 0 aliphatic carbocycles. The monoisotopic (exact) mass is 650 g/mol. The molecule has 0 saturated carbocycles. The van der Waals surface area contributed by atoms with Crippen LogP contribution in [0.25, 0.3) is 33.2 Å². The van der Waals surface area contributed by atoms with Crippen molar-refractivity contribution in [3.63, 3.8) is 0 Å². The van der Waals surface area contributed by atoms with Crippen LogP contribution in [-0.2, 0) is 0 Å². The van der Waals surface area contributed by atoms with E-state index in [1.807, 2.05) is 42.6 Å². The number of pyridine rings is 2.